The molecular formula is C27H40N6O6S. The van der Waals surface area contributed by atoms with Gasteiger partial charge in [-0.05, 0) is 75.1 Å². The summed E-state index contributed by atoms with van der Waals surface area (Å²) in [6.07, 6.45) is 4.25. The van der Waals surface area contributed by atoms with Gasteiger partial charge in [0.05, 0.1) is 18.4 Å². The summed E-state index contributed by atoms with van der Waals surface area (Å²) in [6, 6.07) is 5.81. The normalized spacial score (nSPS) is 23.1. The molecule has 1 aromatic rings. The molecule has 0 spiro atoms. The number of sulfonamides is 1. The largest absolute Gasteiger partial charge is 0.462 e. The van der Waals surface area contributed by atoms with Crippen LogP contribution in [0.2, 0.25) is 0 Å². The summed E-state index contributed by atoms with van der Waals surface area (Å²) in [4.78, 5) is 42.7. The maximum absolute atomic E-state index is 13.7. The van der Waals surface area contributed by atoms with E-state index in [1.807, 2.05) is 0 Å². The lowest BCUT2D eigenvalue weighted by atomic mass is 9.83. The standard InChI is InChI=1S/C27H40N6O6S/c1-3-39-26(36)20-4-6-22(7-5-20)30-24(34)23-16-21(18-10-14-32(15-11-18)40(2,37)38)17-33(23)25(35)19-8-12-31(13-9-19)27(28)29/h4-7,18-19,21,23H,3,8-17H2,1-2H3,(H3,28,29)(H,30,34)/t21-,23-/m0/s1. The molecule has 0 saturated carbocycles. The predicted octanol–water partition coefficient (Wildman–Crippen LogP) is 1.30. The zero-order chi connectivity index (χ0) is 29.0. The van der Waals surface area contributed by atoms with Gasteiger partial charge in [0.2, 0.25) is 21.8 Å². The molecule has 3 saturated heterocycles. The minimum atomic E-state index is -3.25. The Morgan fingerprint density at radius 3 is 2.20 bits per heavy atom. The molecule has 3 aliphatic heterocycles. The van der Waals surface area contributed by atoms with Gasteiger partial charge in [0.15, 0.2) is 5.96 Å². The number of carbonyl (C=O) groups excluding carboxylic acids is 3. The highest BCUT2D eigenvalue weighted by atomic mass is 32.2. The molecular weight excluding hydrogens is 536 g/mol. The number of carbonyl (C=O) groups is 3. The molecule has 220 valence electrons. The highest BCUT2D eigenvalue weighted by molar-refractivity contribution is 7.88. The summed E-state index contributed by atoms with van der Waals surface area (Å²) in [5.41, 5.74) is 6.52. The number of nitrogens with one attached hydrogen (secondary N) is 2. The molecule has 3 fully saturated rings. The Morgan fingerprint density at radius 2 is 1.65 bits per heavy atom. The first-order chi connectivity index (χ1) is 19.0. The van der Waals surface area contributed by atoms with Crippen LogP contribution in [0.3, 0.4) is 0 Å². The van der Waals surface area contributed by atoms with Crippen LogP contribution in [0.4, 0.5) is 5.69 Å². The van der Waals surface area contributed by atoms with E-state index in [9.17, 15) is 22.8 Å². The molecule has 0 radical (unpaired) electrons. The number of piperidine rings is 2. The Kier molecular flexibility index (Phi) is 9.34. The van der Waals surface area contributed by atoms with Crippen molar-refractivity contribution in [3.8, 4) is 0 Å². The van der Waals surface area contributed by atoms with Gasteiger partial charge < -0.3 is 25.6 Å². The van der Waals surface area contributed by atoms with E-state index in [2.05, 4.69) is 5.32 Å². The van der Waals surface area contributed by atoms with Gasteiger partial charge >= 0.3 is 5.97 Å². The summed E-state index contributed by atoms with van der Waals surface area (Å²) in [6.45, 7) is 4.39. The molecule has 13 heteroatoms. The molecule has 0 unspecified atom stereocenters. The third-order valence-corrected chi connectivity index (χ3v) is 9.71. The van der Waals surface area contributed by atoms with Gasteiger partial charge in [-0.2, -0.15) is 0 Å². The van der Waals surface area contributed by atoms with Crippen LogP contribution in [0, 0.1) is 23.2 Å². The van der Waals surface area contributed by atoms with E-state index < -0.39 is 22.0 Å². The number of benzene rings is 1. The van der Waals surface area contributed by atoms with Crippen LogP contribution >= 0.6 is 0 Å². The zero-order valence-corrected chi connectivity index (χ0v) is 24.0. The summed E-state index contributed by atoms with van der Waals surface area (Å²) in [7, 11) is -3.25. The summed E-state index contributed by atoms with van der Waals surface area (Å²) < 4.78 is 30.5. The Labute approximate surface area is 235 Å². The molecule has 2 atom stereocenters. The molecule has 4 rings (SSSR count). The number of amides is 2. The summed E-state index contributed by atoms with van der Waals surface area (Å²) in [5.74, 6) is -0.723. The highest BCUT2D eigenvalue weighted by Gasteiger charge is 2.45. The molecule has 0 aliphatic carbocycles. The first-order valence-electron chi connectivity index (χ1n) is 13.9. The third-order valence-electron chi connectivity index (χ3n) is 8.40. The number of nitrogens with zero attached hydrogens (tertiary/aromatic N) is 3. The third kappa shape index (κ3) is 6.92. The smallest absolute Gasteiger partial charge is 0.338 e. The maximum atomic E-state index is 13.7. The first kappa shape index (κ1) is 29.8. The molecule has 3 heterocycles. The average molecular weight is 577 g/mol. The Bertz CT molecular complexity index is 1210. The molecule has 12 nitrogen and oxygen atoms in total. The Hall–Kier alpha value is -3.19. The van der Waals surface area contributed by atoms with Gasteiger partial charge in [-0.25, -0.2) is 17.5 Å². The molecule has 0 bridgehead atoms. The number of ether oxygens (including phenoxy) is 1. The Morgan fingerprint density at radius 1 is 1.02 bits per heavy atom. The molecule has 1 aromatic carbocycles. The van der Waals surface area contributed by atoms with E-state index in [1.165, 1.54) is 10.6 Å². The molecule has 3 aliphatic rings. The van der Waals surface area contributed by atoms with E-state index in [1.54, 1.807) is 41.0 Å². The Balaban J connectivity index is 1.47. The number of anilines is 1. The van der Waals surface area contributed by atoms with E-state index in [4.69, 9.17) is 15.9 Å². The monoisotopic (exact) mass is 576 g/mol. The second kappa shape index (κ2) is 12.5. The average Bonchev–Trinajstić information content (AvgIpc) is 3.38. The van der Waals surface area contributed by atoms with Crippen molar-refractivity contribution in [2.45, 2.75) is 45.1 Å². The topological polar surface area (TPSA) is 166 Å². The van der Waals surface area contributed by atoms with Crippen molar-refractivity contribution < 1.29 is 27.5 Å². The van der Waals surface area contributed by atoms with E-state index >= 15 is 0 Å². The van der Waals surface area contributed by atoms with Gasteiger partial charge in [0.25, 0.3) is 0 Å². The van der Waals surface area contributed by atoms with Crippen molar-refractivity contribution in [2.24, 2.45) is 23.5 Å². The number of guanidine groups is 1. The fourth-order valence-electron chi connectivity index (χ4n) is 6.11. The fraction of sp³-hybridized carbons (Fsp3) is 0.630. The number of esters is 1. The highest BCUT2D eigenvalue weighted by Crippen LogP contribution is 2.37. The number of nitrogens with two attached hydrogens (primary N) is 1. The number of hydrogen-bond acceptors (Lipinski definition) is 7. The van der Waals surface area contributed by atoms with Crippen molar-refractivity contribution in [3.05, 3.63) is 29.8 Å². The van der Waals surface area contributed by atoms with Crippen molar-refractivity contribution in [1.29, 1.82) is 5.41 Å². The van der Waals surface area contributed by atoms with Crippen LogP contribution in [0.1, 0.15) is 49.4 Å². The molecule has 0 aromatic heterocycles. The number of rotatable bonds is 7. The second-order valence-electron chi connectivity index (χ2n) is 10.9. The zero-order valence-electron chi connectivity index (χ0n) is 23.2. The molecule has 40 heavy (non-hydrogen) atoms. The predicted molar refractivity (Wildman–Crippen MR) is 150 cm³/mol. The quantitative estimate of drug-likeness (QED) is 0.248. The number of hydrogen-bond donors (Lipinski definition) is 3. The maximum Gasteiger partial charge on any atom is 0.338 e. The van der Waals surface area contributed by atoms with Crippen molar-refractivity contribution in [3.63, 3.8) is 0 Å². The lowest BCUT2D eigenvalue weighted by Gasteiger charge is -2.35. The van der Waals surface area contributed by atoms with Crippen LogP contribution in [0.5, 0.6) is 0 Å². The first-order valence-corrected chi connectivity index (χ1v) is 15.7. The minimum Gasteiger partial charge on any atom is -0.462 e. The van der Waals surface area contributed by atoms with Gasteiger partial charge in [-0.15, -0.1) is 0 Å². The van der Waals surface area contributed by atoms with E-state index in [0.29, 0.717) is 76.1 Å². The summed E-state index contributed by atoms with van der Waals surface area (Å²) in [5, 5.41) is 10.6. The lowest BCUT2D eigenvalue weighted by molar-refractivity contribution is -0.141. The molecule has 2 amide bonds. The number of likely N-dealkylation sites (tertiary alicyclic amines) is 2. The van der Waals surface area contributed by atoms with Crippen LogP contribution in [-0.2, 0) is 24.3 Å². The van der Waals surface area contributed by atoms with Gasteiger partial charge in [-0.1, -0.05) is 0 Å². The van der Waals surface area contributed by atoms with Gasteiger partial charge in [-0.3, -0.25) is 15.0 Å². The van der Waals surface area contributed by atoms with Crippen LogP contribution in [0.15, 0.2) is 24.3 Å². The van der Waals surface area contributed by atoms with E-state index in [0.717, 1.165) is 0 Å². The fourth-order valence-corrected chi connectivity index (χ4v) is 6.99. The van der Waals surface area contributed by atoms with Crippen molar-refractivity contribution in [2.75, 3.05) is 50.9 Å². The van der Waals surface area contributed by atoms with E-state index in [-0.39, 0.29) is 42.1 Å². The van der Waals surface area contributed by atoms with Crippen LogP contribution in [-0.4, -0.2) is 97.9 Å². The minimum absolute atomic E-state index is 0.00111. The SMILES string of the molecule is CCOC(=O)c1ccc(NC(=O)[C@@H]2C[C@H](C3CCN(S(C)(=O)=O)CC3)CN2C(=O)C2CCN(C(=N)N)CC2)cc1. The van der Waals surface area contributed by atoms with Crippen molar-refractivity contribution in [1.82, 2.24) is 14.1 Å². The summed E-state index contributed by atoms with van der Waals surface area (Å²) >= 11 is 0. The van der Waals surface area contributed by atoms with Gasteiger partial charge in [0.1, 0.15) is 6.04 Å². The van der Waals surface area contributed by atoms with Crippen LogP contribution in [0.25, 0.3) is 0 Å². The molecule has 4 N–H and O–H groups in total. The van der Waals surface area contributed by atoms with Crippen LogP contribution < -0.4 is 11.1 Å². The second-order valence-corrected chi connectivity index (χ2v) is 12.9. The lowest BCUT2D eigenvalue weighted by Crippen LogP contribution is -2.49. The van der Waals surface area contributed by atoms with Gasteiger partial charge in [0, 0.05) is 44.3 Å². The van der Waals surface area contributed by atoms with Crippen molar-refractivity contribution >= 4 is 39.5 Å².